The molecule has 0 saturated heterocycles. The number of rotatable bonds is 3. The predicted octanol–water partition coefficient (Wildman–Crippen LogP) is 3.24. The summed E-state index contributed by atoms with van der Waals surface area (Å²) in [6.07, 6.45) is 1.64. The van der Waals surface area contributed by atoms with Crippen LogP contribution in [0.25, 0.3) is 17.3 Å². The number of hydrogen-bond donors (Lipinski definition) is 0. The number of methoxy groups -OCH3 is 1. The Hall–Kier alpha value is -1.94. The van der Waals surface area contributed by atoms with Gasteiger partial charge in [-0.1, -0.05) is 43.0 Å². The van der Waals surface area contributed by atoms with E-state index >= 15 is 0 Å². The number of aromatic nitrogens is 1. The third-order valence-corrected chi connectivity index (χ3v) is 3.19. The Morgan fingerprint density at radius 1 is 1.41 bits per heavy atom. The van der Waals surface area contributed by atoms with Crippen LogP contribution in [0.2, 0.25) is 0 Å². The SMILES string of the molecule is C=Cc1c(-c2ccccc2)nsc1C(=O)OC. The van der Waals surface area contributed by atoms with Crippen molar-refractivity contribution in [3.05, 3.63) is 47.4 Å². The molecule has 0 spiro atoms. The summed E-state index contributed by atoms with van der Waals surface area (Å²) >= 11 is 1.13. The van der Waals surface area contributed by atoms with E-state index in [1.54, 1.807) is 6.08 Å². The van der Waals surface area contributed by atoms with Crippen molar-refractivity contribution in [1.82, 2.24) is 4.37 Å². The fourth-order valence-electron chi connectivity index (χ4n) is 1.53. The largest absolute Gasteiger partial charge is 0.465 e. The van der Waals surface area contributed by atoms with Crippen LogP contribution in [0.3, 0.4) is 0 Å². The second-order valence-electron chi connectivity index (χ2n) is 3.34. The monoisotopic (exact) mass is 245 g/mol. The molecule has 4 heteroatoms. The van der Waals surface area contributed by atoms with Crippen molar-refractivity contribution >= 4 is 23.6 Å². The maximum absolute atomic E-state index is 11.5. The van der Waals surface area contributed by atoms with Gasteiger partial charge in [0.1, 0.15) is 4.88 Å². The lowest BCUT2D eigenvalue weighted by molar-refractivity contribution is 0.0606. The lowest BCUT2D eigenvalue weighted by atomic mass is 10.1. The number of hydrogen-bond acceptors (Lipinski definition) is 4. The molecule has 1 aromatic carbocycles. The molecule has 0 aliphatic heterocycles. The molecular weight excluding hydrogens is 234 g/mol. The molecular formula is C13H11NO2S. The lowest BCUT2D eigenvalue weighted by Gasteiger charge is -2.00. The number of carbonyl (C=O) groups excluding carboxylic acids is 1. The van der Waals surface area contributed by atoms with E-state index in [0.717, 1.165) is 28.4 Å². The van der Waals surface area contributed by atoms with Crippen LogP contribution in [0.5, 0.6) is 0 Å². The molecule has 0 N–H and O–H groups in total. The molecule has 0 saturated carbocycles. The van der Waals surface area contributed by atoms with Crippen LogP contribution in [-0.2, 0) is 4.74 Å². The smallest absolute Gasteiger partial charge is 0.350 e. The quantitative estimate of drug-likeness (QED) is 0.779. The zero-order valence-corrected chi connectivity index (χ0v) is 10.2. The Kier molecular flexibility index (Phi) is 3.35. The van der Waals surface area contributed by atoms with E-state index in [2.05, 4.69) is 11.0 Å². The summed E-state index contributed by atoms with van der Waals surface area (Å²) in [5, 5.41) is 0. The normalized spacial score (nSPS) is 9.94. The zero-order valence-electron chi connectivity index (χ0n) is 9.34. The summed E-state index contributed by atoms with van der Waals surface area (Å²) in [5.41, 5.74) is 2.47. The van der Waals surface area contributed by atoms with Crippen molar-refractivity contribution in [3.8, 4) is 11.3 Å². The van der Waals surface area contributed by atoms with Gasteiger partial charge >= 0.3 is 5.97 Å². The van der Waals surface area contributed by atoms with Crippen LogP contribution < -0.4 is 0 Å². The summed E-state index contributed by atoms with van der Waals surface area (Å²) in [6, 6.07) is 9.69. The van der Waals surface area contributed by atoms with Gasteiger partial charge in [-0.3, -0.25) is 0 Å². The first-order valence-corrected chi connectivity index (χ1v) is 5.81. The first-order valence-electron chi connectivity index (χ1n) is 5.03. The molecule has 3 nitrogen and oxygen atoms in total. The summed E-state index contributed by atoms with van der Waals surface area (Å²) in [7, 11) is 1.36. The molecule has 0 fully saturated rings. The average Bonchev–Trinajstić information content (AvgIpc) is 2.82. The molecule has 2 aromatic rings. The molecule has 0 atom stereocenters. The zero-order chi connectivity index (χ0) is 12.3. The summed E-state index contributed by atoms with van der Waals surface area (Å²) in [5.74, 6) is -0.375. The fraction of sp³-hybridized carbons (Fsp3) is 0.0769. The minimum Gasteiger partial charge on any atom is -0.465 e. The van der Waals surface area contributed by atoms with Gasteiger partial charge in [0.15, 0.2) is 0 Å². The van der Waals surface area contributed by atoms with Gasteiger partial charge < -0.3 is 4.74 Å². The highest BCUT2D eigenvalue weighted by Crippen LogP contribution is 2.29. The molecule has 0 aliphatic rings. The first-order chi connectivity index (χ1) is 8.27. The van der Waals surface area contributed by atoms with E-state index in [4.69, 9.17) is 4.74 Å². The fourth-order valence-corrected chi connectivity index (χ4v) is 2.35. The van der Waals surface area contributed by atoms with Crippen molar-refractivity contribution in [2.45, 2.75) is 0 Å². The Labute approximate surface area is 104 Å². The number of carbonyl (C=O) groups is 1. The molecule has 0 unspecified atom stereocenters. The van der Waals surface area contributed by atoms with Crippen LogP contribution >= 0.6 is 11.5 Å². The van der Waals surface area contributed by atoms with Gasteiger partial charge in [0.2, 0.25) is 0 Å². The predicted molar refractivity (Wildman–Crippen MR) is 69.0 cm³/mol. The van der Waals surface area contributed by atoms with Crippen LogP contribution in [0, 0.1) is 0 Å². The maximum atomic E-state index is 11.5. The molecule has 1 aromatic heterocycles. The van der Waals surface area contributed by atoms with E-state index < -0.39 is 0 Å². The summed E-state index contributed by atoms with van der Waals surface area (Å²) in [6.45, 7) is 3.73. The van der Waals surface area contributed by atoms with E-state index in [1.165, 1.54) is 7.11 Å². The van der Waals surface area contributed by atoms with E-state index in [1.807, 2.05) is 30.3 Å². The molecule has 86 valence electrons. The average molecular weight is 245 g/mol. The van der Waals surface area contributed by atoms with Gasteiger partial charge in [0, 0.05) is 11.1 Å². The summed E-state index contributed by atoms with van der Waals surface area (Å²) in [4.78, 5) is 12.0. The molecule has 0 radical (unpaired) electrons. The molecule has 2 rings (SSSR count). The molecule has 0 amide bonds. The van der Waals surface area contributed by atoms with Gasteiger partial charge in [-0.2, -0.15) is 4.37 Å². The lowest BCUT2D eigenvalue weighted by Crippen LogP contribution is -2.00. The van der Waals surface area contributed by atoms with Crippen molar-refractivity contribution < 1.29 is 9.53 Å². The van der Waals surface area contributed by atoms with Crippen molar-refractivity contribution in [2.24, 2.45) is 0 Å². The van der Waals surface area contributed by atoms with E-state index in [-0.39, 0.29) is 5.97 Å². The minimum absolute atomic E-state index is 0.375. The van der Waals surface area contributed by atoms with Gasteiger partial charge in [-0.05, 0) is 11.5 Å². The molecule has 0 aliphatic carbocycles. The highest BCUT2D eigenvalue weighted by Gasteiger charge is 2.18. The Balaban J connectivity index is 2.54. The third-order valence-electron chi connectivity index (χ3n) is 2.35. The number of ether oxygens (including phenoxy) is 1. The topological polar surface area (TPSA) is 39.2 Å². The molecule has 17 heavy (non-hydrogen) atoms. The van der Waals surface area contributed by atoms with E-state index in [9.17, 15) is 4.79 Å². The minimum atomic E-state index is -0.375. The molecule has 1 heterocycles. The van der Waals surface area contributed by atoms with Crippen LogP contribution in [0.1, 0.15) is 15.2 Å². The van der Waals surface area contributed by atoms with Crippen LogP contribution in [0.4, 0.5) is 0 Å². The van der Waals surface area contributed by atoms with Crippen LogP contribution in [0.15, 0.2) is 36.9 Å². The van der Waals surface area contributed by atoms with Gasteiger partial charge in [-0.25, -0.2) is 4.79 Å². The molecule has 0 bridgehead atoms. The number of benzene rings is 1. The highest BCUT2D eigenvalue weighted by atomic mass is 32.1. The van der Waals surface area contributed by atoms with Crippen molar-refractivity contribution in [3.63, 3.8) is 0 Å². The van der Waals surface area contributed by atoms with Gasteiger partial charge in [0.05, 0.1) is 12.8 Å². The standard InChI is InChI=1S/C13H11NO2S/c1-3-10-11(9-7-5-4-6-8-9)14-17-12(10)13(15)16-2/h3-8H,1H2,2H3. The van der Waals surface area contributed by atoms with Gasteiger partial charge in [-0.15, -0.1) is 0 Å². The highest BCUT2D eigenvalue weighted by molar-refractivity contribution is 7.08. The second kappa shape index (κ2) is 4.93. The Morgan fingerprint density at radius 3 is 2.71 bits per heavy atom. The first kappa shape index (κ1) is 11.5. The second-order valence-corrected chi connectivity index (χ2v) is 4.11. The van der Waals surface area contributed by atoms with Crippen molar-refractivity contribution in [1.29, 1.82) is 0 Å². The Morgan fingerprint density at radius 2 is 2.12 bits per heavy atom. The number of nitrogens with zero attached hydrogens (tertiary/aromatic N) is 1. The summed E-state index contributed by atoms with van der Waals surface area (Å²) < 4.78 is 9.01. The van der Waals surface area contributed by atoms with Gasteiger partial charge in [0.25, 0.3) is 0 Å². The Bertz CT molecular complexity index is 546. The maximum Gasteiger partial charge on any atom is 0.350 e. The van der Waals surface area contributed by atoms with Crippen molar-refractivity contribution in [2.75, 3.05) is 7.11 Å². The van der Waals surface area contributed by atoms with Crippen LogP contribution in [-0.4, -0.2) is 17.5 Å². The number of esters is 1. The third kappa shape index (κ3) is 2.12. The van der Waals surface area contributed by atoms with E-state index in [0.29, 0.717) is 4.88 Å².